The maximum absolute atomic E-state index is 11.7. The molecule has 1 saturated carbocycles. The minimum absolute atomic E-state index is 0. The number of esters is 4. The largest absolute Gasteiger partial charge is 0.469 e. The van der Waals surface area contributed by atoms with Crippen LogP contribution in [0.15, 0.2) is 122 Å². The highest BCUT2D eigenvalue weighted by Crippen LogP contribution is 2.27. The van der Waals surface area contributed by atoms with Crippen molar-refractivity contribution in [1.82, 2.24) is 4.98 Å². The molecule has 0 bridgehead atoms. The Labute approximate surface area is 665 Å². The molecule has 0 aliphatic heterocycles. The number of para-hydroxylation sites is 1. The van der Waals surface area contributed by atoms with E-state index in [4.69, 9.17) is 45.3 Å². The van der Waals surface area contributed by atoms with E-state index in [0.717, 1.165) is 32.1 Å². The van der Waals surface area contributed by atoms with Gasteiger partial charge in [-0.3, -0.25) is 33.8 Å². The van der Waals surface area contributed by atoms with Gasteiger partial charge in [0.05, 0.1) is 94.6 Å². The van der Waals surface area contributed by atoms with Crippen molar-refractivity contribution in [2.45, 2.75) is 275 Å². The predicted molar refractivity (Wildman–Crippen MR) is 452 cm³/mol. The lowest BCUT2D eigenvalue weighted by atomic mass is 9.91. The number of carbonyl (C=O) groups excluding carboxylic acids is 6. The third kappa shape index (κ3) is 58.4. The van der Waals surface area contributed by atoms with Crippen molar-refractivity contribution in [3.8, 4) is 11.8 Å². The van der Waals surface area contributed by atoms with Gasteiger partial charge in [-0.25, -0.2) is 0 Å². The lowest BCUT2D eigenvalue weighted by molar-refractivity contribution is -0.156. The zero-order chi connectivity index (χ0) is 82.2. The van der Waals surface area contributed by atoms with Crippen LogP contribution in [0.5, 0.6) is 5.75 Å². The number of Topliss-reactive ketones (excluding diaryl/α,β-unsaturated/α-hetero) is 2. The summed E-state index contributed by atoms with van der Waals surface area (Å²) in [4.78, 5) is 70.5. The molecule has 108 heavy (non-hydrogen) atoms. The van der Waals surface area contributed by atoms with Crippen molar-refractivity contribution in [2.24, 2.45) is 39.4 Å². The van der Waals surface area contributed by atoms with Crippen LogP contribution in [0.3, 0.4) is 0 Å². The van der Waals surface area contributed by atoms with Gasteiger partial charge in [0.25, 0.3) is 0 Å². The fourth-order valence-corrected chi connectivity index (χ4v) is 7.71. The van der Waals surface area contributed by atoms with E-state index in [-0.39, 0.29) is 91.9 Å². The number of methoxy groups -OCH3 is 3. The summed E-state index contributed by atoms with van der Waals surface area (Å²) in [5.41, 5.74) is 3.99. The smallest absolute Gasteiger partial charge is 0.316 e. The van der Waals surface area contributed by atoms with Crippen LogP contribution >= 0.6 is 11.6 Å². The minimum Gasteiger partial charge on any atom is -0.469 e. The van der Waals surface area contributed by atoms with Gasteiger partial charge in [0.1, 0.15) is 23.9 Å². The molecule has 620 valence electrons. The molecule has 0 saturated heterocycles. The van der Waals surface area contributed by atoms with Crippen molar-refractivity contribution in [2.75, 3.05) is 74.2 Å². The molecule has 0 spiro atoms. The number of benzene rings is 3. The molecule has 6 atom stereocenters. The first-order valence-electron chi connectivity index (χ1n) is 38.5. The first-order valence-corrected chi connectivity index (χ1v) is 39.1. The van der Waals surface area contributed by atoms with Gasteiger partial charge < -0.3 is 37.9 Å². The third-order valence-corrected chi connectivity index (χ3v) is 18.8. The fourth-order valence-electron chi connectivity index (χ4n) is 7.53. The molecule has 0 N–H and O–H groups in total. The summed E-state index contributed by atoms with van der Waals surface area (Å²) in [5.74, 6) is 3.03. The monoisotopic (exact) mass is 1540 g/mol. The molecule has 0 amide bonds. The molecule has 5 rings (SSSR count). The number of nitrogens with zero attached hydrogens (tertiary/aromatic N) is 2. The number of aromatic nitrogens is 1. The molecule has 1 heterocycles. The molecule has 1 aliphatic carbocycles. The van der Waals surface area contributed by atoms with Crippen LogP contribution in [-0.2, 0) is 67.8 Å². The van der Waals surface area contributed by atoms with Gasteiger partial charge in [0, 0.05) is 43.1 Å². The summed E-state index contributed by atoms with van der Waals surface area (Å²) in [5, 5.41) is 8.08. The van der Waals surface area contributed by atoms with Crippen LogP contribution in [-0.4, -0.2) is 115 Å². The van der Waals surface area contributed by atoms with Crippen LogP contribution in [0.4, 0.5) is 0 Å². The maximum Gasteiger partial charge on any atom is 0.316 e. The van der Waals surface area contributed by atoms with Crippen molar-refractivity contribution in [3.63, 3.8) is 0 Å². The number of rotatable bonds is 31. The first-order chi connectivity index (χ1) is 50.0. The maximum atomic E-state index is 11.7. The Bertz CT molecular complexity index is 2780. The standard InChI is InChI=1S/C15H30O6.C12H16O2.C11H15Cl.C10H14.C9H13N.C7H10O2.2C7H14O2.C6H12.C5H9N.2CH4/c1-5-15(2,3)14(16)21-13-12-20-11-10-19-9-8-18-7-6-17-4;1-4-12(2,3)11(13)14-10-8-6-5-7-9-10;1-3-9(2)11-6-4-10(8-12)5-7-11;1-3-9(2)10-7-5-4-6-8-10;1-3-8(2)9-4-6-10-7-5-9;1-4-5(2)7(9)3-6(4)8;2*1-5-7(2,3)6(8)9-4;1-3-5-6-4-2;1-3-5(2)4-6;;/h5-13H2,1-4H3;5-9H,4H2,1-3H3;4-7,9H,3,8H2,1-2H3;4-9H,3H2,1-2H3;4-8H,3H2,1-2H3;4-5H,3H2,1-2H3;2*5H2,1-4H3;5-6H,3-4H2,1-2H3;5H,3H2,1-2H3;2*1H4/b;;;;;;;;6-5+;;;. The number of hydrogen-bond donors (Lipinski definition) is 0. The Morgan fingerprint density at radius 3 is 1.10 bits per heavy atom. The molecular weight excluding hydrogens is 1380 g/mol. The van der Waals surface area contributed by atoms with Crippen LogP contribution in [0.25, 0.3) is 0 Å². The number of hydrogen-bond acceptors (Lipinski definition) is 16. The van der Waals surface area contributed by atoms with Gasteiger partial charge >= 0.3 is 23.9 Å². The molecule has 0 radical (unpaired) electrons. The van der Waals surface area contributed by atoms with E-state index in [1.54, 1.807) is 19.2 Å². The van der Waals surface area contributed by atoms with Crippen LogP contribution in [0.1, 0.15) is 292 Å². The summed E-state index contributed by atoms with van der Waals surface area (Å²) in [6.07, 6.45) is 18.3. The topological polar surface area (TPSA) is 213 Å². The molecule has 4 aromatic rings. The van der Waals surface area contributed by atoms with Crippen LogP contribution < -0.4 is 4.74 Å². The number of allylic oxidation sites excluding steroid dienone is 2. The Balaban J connectivity index is -0.000000214. The second-order valence-corrected chi connectivity index (χ2v) is 28.8. The van der Waals surface area contributed by atoms with Crippen molar-refractivity contribution < 1.29 is 66.7 Å². The number of nitriles is 1. The van der Waals surface area contributed by atoms with Crippen LogP contribution in [0, 0.1) is 50.7 Å². The highest BCUT2D eigenvalue weighted by atomic mass is 35.5. The van der Waals surface area contributed by atoms with Gasteiger partial charge in [-0.2, -0.15) is 5.26 Å². The third-order valence-electron chi connectivity index (χ3n) is 18.5. The lowest BCUT2D eigenvalue weighted by Crippen LogP contribution is -2.28. The average molecular weight is 1540 g/mol. The second kappa shape index (κ2) is 70.8. The average Bonchev–Trinajstić information content (AvgIpc) is 1.61. The number of ether oxygens (including phenoxy) is 8. The Morgan fingerprint density at radius 1 is 0.481 bits per heavy atom. The summed E-state index contributed by atoms with van der Waals surface area (Å²) < 4.78 is 40.2. The zero-order valence-electron chi connectivity index (χ0n) is 71.1. The van der Waals surface area contributed by atoms with Gasteiger partial charge in [-0.05, 0) is 191 Å². The van der Waals surface area contributed by atoms with E-state index in [2.05, 4.69) is 155 Å². The van der Waals surface area contributed by atoms with Crippen molar-refractivity contribution in [1.29, 1.82) is 5.26 Å². The molecular formula is C91H155ClN2O14. The molecule has 6 unspecified atom stereocenters. The molecule has 1 fully saturated rings. The zero-order valence-corrected chi connectivity index (χ0v) is 71.9. The summed E-state index contributed by atoms with van der Waals surface area (Å²) >= 11 is 5.69. The number of alkyl halides is 1. The summed E-state index contributed by atoms with van der Waals surface area (Å²) in [6, 6.07) is 34.6. The fraction of sp³-hybridized carbons (Fsp3) is 0.648. The van der Waals surface area contributed by atoms with Crippen molar-refractivity contribution >= 4 is 47.0 Å². The van der Waals surface area contributed by atoms with Gasteiger partial charge in [-0.1, -0.05) is 204 Å². The molecule has 16 nitrogen and oxygen atoms in total. The number of carbonyl (C=O) groups is 6. The highest BCUT2D eigenvalue weighted by molar-refractivity contribution is 6.17. The predicted octanol–water partition coefficient (Wildman–Crippen LogP) is 23.6. The van der Waals surface area contributed by atoms with Gasteiger partial charge in [-0.15, -0.1) is 11.6 Å². The van der Waals surface area contributed by atoms with E-state index in [1.165, 1.54) is 68.6 Å². The van der Waals surface area contributed by atoms with E-state index in [0.29, 0.717) is 75.6 Å². The highest BCUT2D eigenvalue weighted by Gasteiger charge is 2.35. The number of pyridine rings is 1. The second-order valence-electron chi connectivity index (χ2n) is 28.5. The van der Waals surface area contributed by atoms with E-state index in [9.17, 15) is 28.8 Å². The Kier molecular flexibility index (Phi) is 75.1. The summed E-state index contributed by atoms with van der Waals surface area (Å²) in [6.45, 7) is 52.0. The van der Waals surface area contributed by atoms with Crippen LogP contribution in [0.2, 0.25) is 0 Å². The molecule has 3 aromatic carbocycles. The van der Waals surface area contributed by atoms with E-state index in [1.807, 2.05) is 141 Å². The van der Waals surface area contributed by atoms with E-state index < -0.39 is 10.8 Å². The van der Waals surface area contributed by atoms with Crippen molar-refractivity contribution in [3.05, 3.63) is 144 Å². The number of ketones is 2. The minimum atomic E-state index is -0.425. The van der Waals surface area contributed by atoms with E-state index >= 15 is 0 Å². The van der Waals surface area contributed by atoms with Gasteiger partial charge in [0.2, 0.25) is 0 Å². The number of halogens is 1. The Morgan fingerprint density at radius 2 is 0.815 bits per heavy atom. The lowest BCUT2D eigenvalue weighted by Gasteiger charge is -2.20. The molecule has 1 aromatic heterocycles. The molecule has 17 heteroatoms. The first kappa shape index (κ1) is 115. The SMILES string of the molecule is C.C.CC/C=C/CC.CC1C(=O)CC(=O)C1C.CCC(C)(C)C(=O)OC.CCC(C)(C)C(=O)OC.CCC(C)(C)C(=O)OCCOCCOCCOCCOC.CCC(C)(C)C(=O)Oc1ccccc1.CCC(C)C#N.CCC(C)c1ccc(CCl)cc1.CCC(C)c1ccccc1.CCC(C)c1ccncc1. The quantitative estimate of drug-likeness (QED) is 0.00871. The molecule has 1 aliphatic rings. The van der Waals surface area contributed by atoms with Gasteiger partial charge in [0.15, 0.2) is 0 Å². The normalized spacial score (nSPS) is 13.7. The summed E-state index contributed by atoms with van der Waals surface area (Å²) in [7, 11) is 4.47. The Hall–Kier alpha value is -6.61.